The van der Waals surface area contributed by atoms with Crippen molar-refractivity contribution < 1.29 is 24.1 Å². The Morgan fingerprint density at radius 2 is 1.19 bits per heavy atom. The first-order valence-electron chi connectivity index (χ1n) is 12.2. The zero-order chi connectivity index (χ0) is 22.2. The van der Waals surface area contributed by atoms with Gasteiger partial charge in [0.2, 0.25) is 0 Å². The van der Waals surface area contributed by atoms with E-state index in [-0.39, 0.29) is 31.0 Å². The van der Waals surface area contributed by atoms with Crippen LogP contribution in [0, 0.1) is 11.8 Å². The lowest BCUT2D eigenvalue weighted by Crippen LogP contribution is -2.38. The SMILES string of the molecule is C.COC(C)(C)C1CCC(O)CC1.COC(C)(C)C1CCC(OC2CCCCO2)CC1. The van der Waals surface area contributed by atoms with Gasteiger partial charge in [0, 0.05) is 20.8 Å². The summed E-state index contributed by atoms with van der Waals surface area (Å²) in [6.07, 6.45) is 12.7. The summed E-state index contributed by atoms with van der Waals surface area (Å²) in [5.74, 6) is 1.28. The molecule has 5 heteroatoms. The Morgan fingerprint density at radius 3 is 1.61 bits per heavy atom. The minimum atomic E-state index is -0.0612. The van der Waals surface area contributed by atoms with Gasteiger partial charge < -0.3 is 24.1 Å². The van der Waals surface area contributed by atoms with Crippen LogP contribution in [0.1, 0.15) is 106 Å². The van der Waals surface area contributed by atoms with E-state index in [0.717, 1.165) is 51.6 Å². The van der Waals surface area contributed by atoms with Crippen LogP contribution in [0.5, 0.6) is 0 Å². The fraction of sp³-hybridized carbons (Fsp3) is 1.00. The van der Waals surface area contributed by atoms with E-state index in [4.69, 9.17) is 18.9 Å². The van der Waals surface area contributed by atoms with Crippen molar-refractivity contribution in [3.63, 3.8) is 0 Å². The third kappa shape index (κ3) is 9.29. The molecule has 31 heavy (non-hydrogen) atoms. The molecule has 0 amide bonds. The fourth-order valence-electron chi connectivity index (χ4n) is 5.03. The Bertz CT molecular complexity index is 456. The number of hydrogen-bond acceptors (Lipinski definition) is 5. The lowest BCUT2D eigenvalue weighted by atomic mass is 9.78. The molecule has 3 aliphatic rings. The molecule has 0 aromatic carbocycles. The van der Waals surface area contributed by atoms with Gasteiger partial charge >= 0.3 is 0 Å². The molecule has 3 fully saturated rings. The fourth-order valence-corrected chi connectivity index (χ4v) is 5.03. The quantitative estimate of drug-likeness (QED) is 0.535. The number of ether oxygens (including phenoxy) is 4. The highest BCUT2D eigenvalue weighted by atomic mass is 16.7. The molecular formula is C26H52O5. The first-order valence-corrected chi connectivity index (χ1v) is 12.2. The first kappa shape index (κ1) is 28.8. The Hall–Kier alpha value is -0.200. The van der Waals surface area contributed by atoms with Crippen molar-refractivity contribution in [3.05, 3.63) is 0 Å². The average molecular weight is 445 g/mol. The zero-order valence-electron chi connectivity index (χ0n) is 20.5. The van der Waals surface area contributed by atoms with Gasteiger partial charge in [-0.05, 0) is 110 Å². The molecule has 1 unspecified atom stereocenters. The minimum Gasteiger partial charge on any atom is -0.393 e. The molecule has 0 aromatic rings. The molecule has 1 aliphatic heterocycles. The highest BCUT2D eigenvalue weighted by Gasteiger charge is 2.34. The summed E-state index contributed by atoms with van der Waals surface area (Å²) >= 11 is 0. The molecule has 5 nitrogen and oxygen atoms in total. The van der Waals surface area contributed by atoms with Crippen molar-refractivity contribution in [2.24, 2.45) is 11.8 Å². The molecule has 0 spiro atoms. The topological polar surface area (TPSA) is 57.2 Å². The summed E-state index contributed by atoms with van der Waals surface area (Å²) in [6.45, 7) is 9.54. The summed E-state index contributed by atoms with van der Waals surface area (Å²) in [4.78, 5) is 0. The van der Waals surface area contributed by atoms with Crippen LogP contribution < -0.4 is 0 Å². The molecule has 1 atom stereocenters. The van der Waals surface area contributed by atoms with Gasteiger partial charge in [-0.3, -0.25) is 0 Å². The van der Waals surface area contributed by atoms with E-state index in [1.165, 1.54) is 25.7 Å². The van der Waals surface area contributed by atoms with Crippen LogP contribution in [0.2, 0.25) is 0 Å². The van der Waals surface area contributed by atoms with Crippen LogP contribution in [0.3, 0.4) is 0 Å². The molecule has 0 aromatic heterocycles. The van der Waals surface area contributed by atoms with Crippen LogP contribution >= 0.6 is 0 Å². The number of hydrogen-bond donors (Lipinski definition) is 1. The van der Waals surface area contributed by atoms with Gasteiger partial charge in [-0.15, -0.1) is 0 Å². The lowest BCUT2D eigenvalue weighted by molar-refractivity contribution is -0.197. The van der Waals surface area contributed by atoms with Gasteiger partial charge in [-0.2, -0.15) is 0 Å². The Balaban J connectivity index is 0.000000324. The smallest absolute Gasteiger partial charge is 0.157 e. The number of aliphatic hydroxyl groups is 1. The first-order chi connectivity index (χ1) is 14.2. The third-order valence-electron chi connectivity index (χ3n) is 7.87. The largest absolute Gasteiger partial charge is 0.393 e. The van der Waals surface area contributed by atoms with Crippen molar-refractivity contribution >= 4 is 0 Å². The van der Waals surface area contributed by atoms with E-state index >= 15 is 0 Å². The van der Waals surface area contributed by atoms with E-state index in [1.54, 1.807) is 7.11 Å². The van der Waals surface area contributed by atoms with E-state index in [0.29, 0.717) is 17.9 Å². The molecule has 1 N–H and O–H groups in total. The Morgan fingerprint density at radius 1 is 0.710 bits per heavy atom. The van der Waals surface area contributed by atoms with Crippen LogP contribution in [-0.4, -0.2) is 55.6 Å². The van der Waals surface area contributed by atoms with Crippen molar-refractivity contribution in [1.82, 2.24) is 0 Å². The highest BCUT2D eigenvalue weighted by Crippen LogP contribution is 2.36. The predicted octanol–water partition coefficient (Wildman–Crippen LogP) is 6.11. The molecule has 2 saturated carbocycles. The minimum absolute atomic E-state index is 0. The van der Waals surface area contributed by atoms with E-state index in [2.05, 4.69) is 27.7 Å². The van der Waals surface area contributed by atoms with Crippen molar-refractivity contribution in [3.8, 4) is 0 Å². The summed E-state index contributed by atoms with van der Waals surface area (Å²) in [7, 11) is 3.59. The Kier molecular flexibility index (Phi) is 12.5. The summed E-state index contributed by atoms with van der Waals surface area (Å²) in [5.41, 5.74) is -0.00749. The summed E-state index contributed by atoms with van der Waals surface area (Å²) in [5, 5.41) is 9.32. The Labute approximate surface area is 192 Å². The maximum atomic E-state index is 9.32. The predicted molar refractivity (Wildman–Crippen MR) is 127 cm³/mol. The molecule has 1 heterocycles. The van der Waals surface area contributed by atoms with Gasteiger partial charge in [-0.1, -0.05) is 7.43 Å². The maximum Gasteiger partial charge on any atom is 0.157 e. The number of aliphatic hydroxyl groups excluding tert-OH is 1. The molecule has 0 bridgehead atoms. The van der Waals surface area contributed by atoms with Crippen LogP contribution in [0.15, 0.2) is 0 Å². The zero-order valence-corrected chi connectivity index (χ0v) is 20.5. The van der Waals surface area contributed by atoms with Crippen molar-refractivity contribution in [1.29, 1.82) is 0 Å². The number of rotatable bonds is 6. The number of methoxy groups -OCH3 is 2. The second kappa shape index (κ2) is 13.5. The van der Waals surface area contributed by atoms with Gasteiger partial charge in [0.05, 0.1) is 23.4 Å². The van der Waals surface area contributed by atoms with Gasteiger partial charge in [0.1, 0.15) is 0 Å². The van der Waals surface area contributed by atoms with Crippen LogP contribution in [0.4, 0.5) is 0 Å². The molecule has 186 valence electrons. The molecule has 1 saturated heterocycles. The van der Waals surface area contributed by atoms with Gasteiger partial charge in [-0.25, -0.2) is 0 Å². The maximum absolute atomic E-state index is 9.32. The average Bonchev–Trinajstić information content (AvgIpc) is 2.76. The van der Waals surface area contributed by atoms with Gasteiger partial charge in [0.15, 0.2) is 6.29 Å². The summed E-state index contributed by atoms with van der Waals surface area (Å²) < 4.78 is 22.7. The normalized spacial score (nSPS) is 32.4. The monoisotopic (exact) mass is 444 g/mol. The lowest BCUT2D eigenvalue weighted by Gasteiger charge is -2.39. The second-order valence-electron chi connectivity index (χ2n) is 10.5. The molecule has 2 aliphatic carbocycles. The molecule has 3 rings (SSSR count). The molecule has 0 radical (unpaired) electrons. The standard InChI is InChI=1S/C15H28O3.C10H20O2.CH4/c1-15(2,16-3)12-7-9-13(10-8-12)18-14-6-4-5-11-17-14;1-10(2,12-3)8-4-6-9(11)7-5-8;/h12-14H,4-11H2,1-3H3;8-9,11H,4-7H2,1-3H3;1H4. The third-order valence-corrected chi connectivity index (χ3v) is 7.87. The van der Waals surface area contributed by atoms with E-state index < -0.39 is 0 Å². The second-order valence-corrected chi connectivity index (χ2v) is 10.5. The summed E-state index contributed by atoms with van der Waals surface area (Å²) in [6, 6.07) is 0. The highest BCUT2D eigenvalue weighted by molar-refractivity contribution is 4.85. The van der Waals surface area contributed by atoms with E-state index in [1.807, 2.05) is 7.11 Å². The van der Waals surface area contributed by atoms with Crippen LogP contribution in [0.25, 0.3) is 0 Å². The van der Waals surface area contributed by atoms with Crippen LogP contribution in [-0.2, 0) is 18.9 Å². The van der Waals surface area contributed by atoms with Gasteiger partial charge in [0.25, 0.3) is 0 Å². The van der Waals surface area contributed by atoms with Crippen molar-refractivity contribution in [2.75, 3.05) is 20.8 Å². The molecular weight excluding hydrogens is 392 g/mol. The van der Waals surface area contributed by atoms with E-state index in [9.17, 15) is 5.11 Å². The van der Waals surface area contributed by atoms with Crippen molar-refractivity contribution in [2.45, 2.75) is 135 Å².